The van der Waals surface area contributed by atoms with Crippen LogP contribution < -0.4 is 5.32 Å². The molecule has 0 atom stereocenters. The Labute approximate surface area is 165 Å². The molecule has 2 aromatic carbocycles. The number of hydrogen-bond acceptors (Lipinski definition) is 4. The molecule has 0 radical (unpaired) electrons. The Kier molecular flexibility index (Phi) is 4.92. The first-order chi connectivity index (χ1) is 13.6. The summed E-state index contributed by atoms with van der Waals surface area (Å²) in [6, 6.07) is 14.3. The molecule has 0 aliphatic carbocycles. The van der Waals surface area contributed by atoms with E-state index >= 15 is 0 Å². The van der Waals surface area contributed by atoms with E-state index in [1.54, 1.807) is 23.6 Å². The van der Waals surface area contributed by atoms with Gasteiger partial charge in [0.15, 0.2) is 0 Å². The molecule has 2 aromatic heterocycles. The number of nitrogens with one attached hydrogen (secondary N) is 1. The molecular weight excluding hydrogens is 375 g/mol. The van der Waals surface area contributed by atoms with E-state index in [0.717, 1.165) is 33.3 Å². The zero-order valence-electron chi connectivity index (χ0n) is 15.6. The van der Waals surface area contributed by atoms with Crippen molar-refractivity contribution in [2.75, 3.05) is 0 Å². The summed E-state index contributed by atoms with van der Waals surface area (Å²) < 4.78 is 15.6. The van der Waals surface area contributed by atoms with Gasteiger partial charge >= 0.3 is 0 Å². The lowest BCUT2D eigenvalue weighted by Crippen LogP contribution is -2.24. The third kappa shape index (κ3) is 3.41. The molecule has 0 aliphatic heterocycles. The van der Waals surface area contributed by atoms with Gasteiger partial charge in [0.1, 0.15) is 10.8 Å². The molecule has 0 fully saturated rings. The number of imidazole rings is 1. The Morgan fingerprint density at radius 2 is 2.00 bits per heavy atom. The van der Waals surface area contributed by atoms with Crippen molar-refractivity contribution in [2.24, 2.45) is 0 Å². The summed E-state index contributed by atoms with van der Waals surface area (Å²) in [7, 11) is 0. The highest BCUT2D eigenvalue weighted by Crippen LogP contribution is 2.27. The maximum atomic E-state index is 13.8. The fourth-order valence-corrected chi connectivity index (χ4v) is 3.81. The Morgan fingerprint density at radius 1 is 1.21 bits per heavy atom. The molecule has 4 aromatic rings. The molecule has 0 spiro atoms. The minimum Gasteiger partial charge on any atom is -0.346 e. The van der Waals surface area contributed by atoms with Gasteiger partial charge in [-0.1, -0.05) is 54.7 Å². The molecule has 142 valence electrons. The van der Waals surface area contributed by atoms with E-state index in [1.165, 1.54) is 17.4 Å². The van der Waals surface area contributed by atoms with Crippen LogP contribution in [-0.4, -0.2) is 20.5 Å². The Morgan fingerprint density at radius 3 is 2.71 bits per heavy atom. The van der Waals surface area contributed by atoms with Crippen LogP contribution in [0.15, 0.2) is 48.5 Å². The van der Waals surface area contributed by atoms with Crippen molar-refractivity contribution in [1.29, 1.82) is 0 Å². The molecule has 0 saturated heterocycles. The lowest BCUT2D eigenvalue weighted by molar-refractivity contribution is 0.0950. The lowest BCUT2D eigenvalue weighted by atomic mass is 10.1. The first-order valence-corrected chi connectivity index (χ1v) is 9.85. The zero-order valence-corrected chi connectivity index (χ0v) is 16.4. The van der Waals surface area contributed by atoms with Crippen LogP contribution in [0.4, 0.5) is 4.39 Å². The molecule has 0 unspecified atom stereocenters. The molecule has 28 heavy (non-hydrogen) atoms. The smallest absolute Gasteiger partial charge is 0.251 e. The normalized spacial score (nSPS) is 11.1. The van der Waals surface area contributed by atoms with Crippen molar-refractivity contribution < 1.29 is 9.18 Å². The fraction of sp³-hybridized carbons (Fsp3) is 0.190. The SMILES string of the molecule is CCc1nn2c(CNC(=O)c3ccc(C)c(F)c3)c(-c3ccccc3)nc2s1. The maximum absolute atomic E-state index is 13.8. The highest BCUT2D eigenvalue weighted by atomic mass is 32.1. The van der Waals surface area contributed by atoms with Gasteiger partial charge in [0.2, 0.25) is 4.96 Å². The second-order valence-electron chi connectivity index (χ2n) is 6.46. The number of nitrogens with zero attached hydrogens (tertiary/aromatic N) is 3. The van der Waals surface area contributed by atoms with Gasteiger partial charge in [0.05, 0.1) is 17.9 Å². The molecule has 2 heterocycles. The highest BCUT2D eigenvalue weighted by Gasteiger charge is 2.18. The van der Waals surface area contributed by atoms with Crippen LogP contribution in [0.2, 0.25) is 0 Å². The number of benzene rings is 2. The van der Waals surface area contributed by atoms with Crippen LogP contribution in [-0.2, 0) is 13.0 Å². The highest BCUT2D eigenvalue weighted by molar-refractivity contribution is 7.16. The number of aryl methyl sites for hydroxylation is 2. The molecule has 5 nitrogen and oxygen atoms in total. The van der Waals surface area contributed by atoms with E-state index in [9.17, 15) is 9.18 Å². The summed E-state index contributed by atoms with van der Waals surface area (Å²) in [6.07, 6.45) is 0.823. The summed E-state index contributed by atoms with van der Waals surface area (Å²) in [5.74, 6) is -0.727. The minimum atomic E-state index is -0.392. The summed E-state index contributed by atoms with van der Waals surface area (Å²) in [5.41, 5.74) is 3.35. The second-order valence-corrected chi connectivity index (χ2v) is 7.50. The lowest BCUT2D eigenvalue weighted by Gasteiger charge is -2.08. The maximum Gasteiger partial charge on any atom is 0.251 e. The first-order valence-electron chi connectivity index (χ1n) is 9.04. The largest absolute Gasteiger partial charge is 0.346 e. The molecule has 0 saturated carbocycles. The number of aromatic nitrogens is 3. The van der Waals surface area contributed by atoms with Crippen molar-refractivity contribution in [1.82, 2.24) is 19.9 Å². The number of rotatable bonds is 5. The Hall–Kier alpha value is -3.06. The van der Waals surface area contributed by atoms with Gasteiger partial charge in [-0.05, 0) is 31.0 Å². The predicted molar refractivity (Wildman–Crippen MR) is 108 cm³/mol. The molecule has 4 rings (SSSR count). The van der Waals surface area contributed by atoms with Gasteiger partial charge in [-0.25, -0.2) is 13.9 Å². The summed E-state index contributed by atoms with van der Waals surface area (Å²) in [5, 5.41) is 8.47. The van der Waals surface area contributed by atoms with Gasteiger partial charge in [-0.2, -0.15) is 5.10 Å². The van der Waals surface area contributed by atoms with Crippen molar-refractivity contribution in [2.45, 2.75) is 26.8 Å². The Bertz CT molecular complexity index is 1150. The van der Waals surface area contributed by atoms with Crippen LogP contribution in [0.5, 0.6) is 0 Å². The van der Waals surface area contributed by atoms with E-state index in [0.29, 0.717) is 5.56 Å². The van der Waals surface area contributed by atoms with Gasteiger partial charge in [0.25, 0.3) is 5.91 Å². The molecule has 0 aliphatic rings. The average Bonchev–Trinajstić information content (AvgIpc) is 3.26. The van der Waals surface area contributed by atoms with Crippen LogP contribution in [0, 0.1) is 12.7 Å². The topological polar surface area (TPSA) is 59.3 Å². The summed E-state index contributed by atoms with van der Waals surface area (Å²) in [6.45, 7) is 3.95. The minimum absolute atomic E-state index is 0.243. The van der Waals surface area contributed by atoms with Gasteiger partial charge < -0.3 is 5.32 Å². The first kappa shape index (κ1) is 18.3. The van der Waals surface area contributed by atoms with Crippen LogP contribution in [0.1, 0.15) is 33.5 Å². The standard InChI is InChI=1S/C21H19FN4OS/c1-3-18-25-26-17(12-23-20(27)15-10-9-13(2)16(22)11-15)19(24-21(26)28-18)14-7-5-4-6-8-14/h4-11H,3,12H2,1-2H3,(H,23,27). The molecule has 1 amide bonds. The van der Waals surface area contributed by atoms with Crippen LogP contribution >= 0.6 is 11.3 Å². The number of fused-ring (bicyclic) bond motifs is 1. The van der Waals surface area contributed by atoms with Crippen LogP contribution in [0.25, 0.3) is 16.2 Å². The van der Waals surface area contributed by atoms with E-state index in [-0.39, 0.29) is 18.0 Å². The van der Waals surface area contributed by atoms with E-state index < -0.39 is 5.82 Å². The molecule has 0 bridgehead atoms. The summed E-state index contributed by atoms with van der Waals surface area (Å²) in [4.78, 5) is 18.1. The zero-order chi connectivity index (χ0) is 19.7. The van der Waals surface area contributed by atoms with E-state index in [2.05, 4.69) is 10.4 Å². The molecule has 7 heteroatoms. The number of carbonyl (C=O) groups excluding carboxylic acids is 1. The van der Waals surface area contributed by atoms with Crippen molar-refractivity contribution >= 4 is 22.2 Å². The monoisotopic (exact) mass is 394 g/mol. The van der Waals surface area contributed by atoms with Gasteiger partial charge in [-0.3, -0.25) is 4.79 Å². The van der Waals surface area contributed by atoms with E-state index in [1.807, 2.05) is 37.3 Å². The number of hydrogen-bond donors (Lipinski definition) is 1. The van der Waals surface area contributed by atoms with Crippen molar-refractivity contribution in [3.8, 4) is 11.3 Å². The Balaban J connectivity index is 1.67. The fourth-order valence-electron chi connectivity index (χ4n) is 2.96. The van der Waals surface area contributed by atoms with E-state index in [4.69, 9.17) is 4.98 Å². The number of amides is 1. The number of halogens is 1. The number of carbonyl (C=O) groups is 1. The van der Waals surface area contributed by atoms with Crippen molar-refractivity contribution in [3.63, 3.8) is 0 Å². The van der Waals surface area contributed by atoms with Crippen molar-refractivity contribution in [3.05, 3.63) is 76.2 Å². The van der Waals surface area contributed by atoms with Crippen LogP contribution in [0.3, 0.4) is 0 Å². The third-order valence-electron chi connectivity index (χ3n) is 4.54. The van der Waals surface area contributed by atoms with Gasteiger partial charge in [0, 0.05) is 11.1 Å². The second kappa shape index (κ2) is 7.52. The quantitative estimate of drug-likeness (QED) is 0.546. The molecular formula is C21H19FN4OS. The average molecular weight is 394 g/mol. The third-order valence-corrected chi connectivity index (χ3v) is 5.59. The predicted octanol–water partition coefficient (Wildman–Crippen LogP) is 4.40. The molecule has 1 N–H and O–H groups in total. The summed E-state index contributed by atoms with van der Waals surface area (Å²) >= 11 is 1.54. The van der Waals surface area contributed by atoms with Gasteiger partial charge in [-0.15, -0.1) is 0 Å².